The van der Waals surface area contributed by atoms with Gasteiger partial charge in [-0.15, -0.1) is 0 Å². The lowest BCUT2D eigenvalue weighted by molar-refractivity contribution is -0.135. The summed E-state index contributed by atoms with van der Waals surface area (Å²) in [7, 11) is 1.61. The fourth-order valence-corrected chi connectivity index (χ4v) is 2.31. The van der Waals surface area contributed by atoms with E-state index in [1.807, 2.05) is 24.3 Å². The smallest absolute Gasteiger partial charge is 0.246 e. The minimum absolute atomic E-state index is 0.0379. The van der Waals surface area contributed by atoms with Gasteiger partial charge in [0, 0.05) is 44.7 Å². The summed E-state index contributed by atoms with van der Waals surface area (Å²) in [6, 6.07) is 7.54. The molecule has 0 unspecified atom stereocenters. The van der Waals surface area contributed by atoms with E-state index in [0.29, 0.717) is 26.2 Å². The van der Waals surface area contributed by atoms with Crippen molar-refractivity contribution in [3.63, 3.8) is 0 Å². The van der Waals surface area contributed by atoms with Gasteiger partial charge in [0.15, 0.2) is 0 Å². The number of ether oxygens (including phenoxy) is 1. The van der Waals surface area contributed by atoms with Crippen LogP contribution in [0.3, 0.4) is 0 Å². The molecule has 21 heavy (non-hydrogen) atoms. The van der Waals surface area contributed by atoms with Crippen molar-refractivity contribution in [3.8, 4) is 5.75 Å². The van der Waals surface area contributed by atoms with Gasteiger partial charge >= 0.3 is 0 Å². The average Bonchev–Trinajstić information content (AvgIpc) is 2.52. The van der Waals surface area contributed by atoms with Gasteiger partial charge in [0.25, 0.3) is 0 Å². The third-order valence-corrected chi connectivity index (χ3v) is 3.58. The quantitative estimate of drug-likeness (QED) is 0.790. The van der Waals surface area contributed by atoms with Gasteiger partial charge < -0.3 is 14.5 Å². The van der Waals surface area contributed by atoms with E-state index in [1.165, 1.54) is 0 Å². The van der Waals surface area contributed by atoms with Crippen molar-refractivity contribution >= 4 is 17.9 Å². The number of benzene rings is 1. The van der Waals surface area contributed by atoms with E-state index < -0.39 is 0 Å². The first-order chi connectivity index (χ1) is 10.1. The second-order valence-electron chi connectivity index (χ2n) is 4.91. The predicted octanol–water partition coefficient (Wildman–Crippen LogP) is 1.40. The van der Waals surface area contributed by atoms with E-state index in [2.05, 4.69) is 0 Å². The second kappa shape index (κ2) is 6.92. The normalized spacial score (nSPS) is 15.3. The van der Waals surface area contributed by atoms with E-state index in [1.54, 1.807) is 36.0 Å². The Hall–Kier alpha value is -2.30. The summed E-state index contributed by atoms with van der Waals surface area (Å²) in [5.41, 5.74) is 0.871. The summed E-state index contributed by atoms with van der Waals surface area (Å²) in [5, 5.41) is 0. The molecular formula is C16H20N2O3. The monoisotopic (exact) mass is 288 g/mol. The Labute approximate surface area is 124 Å². The molecule has 0 saturated carbocycles. The topological polar surface area (TPSA) is 49.9 Å². The summed E-state index contributed by atoms with van der Waals surface area (Å²) >= 11 is 0. The number of amides is 2. The molecule has 5 nitrogen and oxygen atoms in total. The third-order valence-electron chi connectivity index (χ3n) is 3.58. The zero-order valence-corrected chi connectivity index (χ0v) is 12.4. The molecule has 0 aromatic heterocycles. The molecule has 1 heterocycles. The van der Waals surface area contributed by atoms with Gasteiger partial charge in [-0.25, -0.2) is 0 Å². The second-order valence-corrected chi connectivity index (χ2v) is 4.91. The number of para-hydroxylation sites is 1. The van der Waals surface area contributed by atoms with Crippen LogP contribution in [0, 0.1) is 0 Å². The van der Waals surface area contributed by atoms with Gasteiger partial charge in [-0.1, -0.05) is 18.2 Å². The fraction of sp³-hybridized carbons (Fsp3) is 0.375. The predicted molar refractivity (Wildman–Crippen MR) is 80.9 cm³/mol. The Balaban J connectivity index is 1.96. The van der Waals surface area contributed by atoms with Crippen LogP contribution in [-0.4, -0.2) is 54.9 Å². The summed E-state index contributed by atoms with van der Waals surface area (Å²) in [5.74, 6) is 0.763. The fourth-order valence-electron chi connectivity index (χ4n) is 2.31. The average molecular weight is 288 g/mol. The van der Waals surface area contributed by atoms with Crippen LogP contribution in [0.4, 0.5) is 0 Å². The number of hydrogen-bond acceptors (Lipinski definition) is 3. The van der Waals surface area contributed by atoms with Crippen LogP contribution in [0.5, 0.6) is 5.75 Å². The minimum Gasteiger partial charge on any atom is -0.496 e. The first kappa shape index (κ1) is 15.1. The van der Waals surface area contributed by atoms with E-state index in [9.17, 15) is 9.59 Å². The van der Waals surface area contributed by atoms with Crippen molar-refractivity contribution in [3.05, 3.63) is 35.9 Å². The van der Waals surface area contributed by atoms with Gasteiger partial charge in [0.05, 0.1) is 7.11 Å². The minimum atomic E-state index is -0.0379. The molecule has 0 atom stereocenters. The molecule has 5 heteroatoms. The summed E-state index contributed by atoms with van der Waals surface area (Å²) in [4.78, 5) is 26.9. The van der Waals surface area contributed by atoms with Crippen LogP contribution in [0.1, 0.15) is 12.5 Å². The van der Waals surface area contributed by atoms with Gasteiger partial charge in [0.1, 0.15) is 5.75 Å². The Kier molecular flexibility index (Phi) is 4.98. The summed E-state index contributed by atoms with van der Waals surface area (Å²) in [6.07, 6.45) is 3.32. The van der Waals surface area contributed by atoms with Crippen LogP contribution < -0.4 is 4.74 Å². The molecule has 1 fully saturated rings. The summed E-state index contributed by atoms with van der Waals surface area (Å²) < 4.78 is 5.24. The molecule has 0 radical (unpaired) electrons. The van der Waals surface area contributed by atoms with Gasteiger partial charge in [0.2, 0.25) is 11.8 Å². The Morgan fingerprint density at radius 3 is 2.33 bits per heavy atom. The Morgan fingerprint density at radius 2 is 1.71 bits per heavy atom. The number of carbonyl (C=O) groups excluding carboxylic acids is 2. The van der Waals surface area contributed by atoms with Crippen molar-refractivity contribution in [2.75, 3.05) is 33.3 Å². The molecule has 0 spiro atoms. The SMILES string of the molecule is COc1ccccc1/C=C/C(=O)N1CCN(C(C)=O)CC1. The molecule has 1 aliphatic rings. The molecule has 0 bridgehead atoms. The Bertz CT molecular complexity index is 546. The molecule has 0 aliphatic carbocycles. The number of hydrogen-bond donors (Lipinski definition) is 0. The number of rotatable bonds is 3. The van der Waals surface area contributed by atoms with Gasteiger partial charge in [-0.05, 0) is 12.1 Å². The zero-order chi connectivity index (χ0) is 15.2. The zero-order valence-electron chi connectivity index (χ0n) is 12.4. The maximum Gasteiger partial charge on any atom is 0.246 e. The molecule has 2 rings (SSSR count). The maximum atomic E-state index is 12.1. The molecule has 1 aromatic rings. The van der Waals surface area contributed by atoms with Crippen molar-refractivity contribution in [1.29, 1.82) is 0 Å². The van der Waals surface area contributed by atoms with Crippen LogP contribution in [0.15, 0.2) is 30.3 Å². The highest BCUT2D eigenvalue weighted by Gasteiger charge is 2.20. The first-order valence-corrected chi connectivity index (χ1v) is 6.97. The number of carbonyl (C=O) groups is 2. The van der Waals surface area contributed by atoms with E-state index in [-0.39, 0.29) is 11.8 Å². The van der Waals surface area contributed by atoms with Crippen molar-refractivity contribution in [1.82, 2.24) is 9.80 Å². The molecule has 1 aliphatic heterocycles. The third kappa shape index (κ3) is 3.84. The number of methoxy groups -OCH3 is 1. The largest absolute Gasteiger partial charge is 0.496 e. The van der Waals surface area contributed by atoms with Crippen molar-refractivity contribution in [2.45, 2.75) is 6.92 Å². The highest BCUT2D eigenvalue weighted by Crippen LogP contribution is 2.18. The van der Waals surface area contributed by atoms with Crippen molar-refractivity contribution < 1.29 is 14.3 Å². The standard InChI is InChI=1S/C16H20N2O3/c1-13(19)17-9-11-18(12-10-17)16(20)8-7-14-5-3-4-6-15(14)21-2/h3-8H,9-12H2,1-2H3/b8-7+. The lowest BCUT2D eigenvalue weighted by atomic mass is 10.2. The maximum absolute atomic E-state index is 12.1. The van der Waals surface area contributed by atoms with Crippen LogP contribution in [0.2, 0.25) is 0 Å². The molecular weight excluding hydrogens is 268 g/mol. The van der Waals surface area contributed by atoms with Gasteiger partial charge in [-0.2, -0.15) is 0 Å². The van der Waals surface area contributed by atoms with E-state index >= 15 is 0 Å². The van der Waals surface area contributed by atoms with E-state index in [4.69, 9.17) is 4.74 Å². The van der Waals surface area contributed by atoms with Gasteiger partial charge in [-0.3, -0.25) is 9.59 Å². The lowest BCUT2D eigenvalue weighted by Crippen LogP contribution is -2.49. The lowest BCUT2D eigenvalue weighted by Gasteiger charge is -2.33. The number of piperazine rings is 1. The Morgan fingerprint density at radius 1 is 1.10 bits per heavy atom. The van der Waals surface area contributed by atoms with E-state index in [0.717, 1.165) is 11.3 Å². The molecule has 1 aromatic carbocycles. The molecule has 1 saturated heterocycles. The molecule has 2 amide bonds. The number of nitrogens with zero attached hydrogens (tertiary/aromatic N) is 2. The molecule has 0 N–H and O–H groups in total. The summed E-state index contributed by atoms with van der Waals surface area (Å²) in [6.45, 7) is 3.91. The van der Waals surface area contributed by atoms with Crippen LogP contribution in [-0.2, 0) is 9.59 Å². The van der Waals surface area contributed by atoms with Crippen LogP contribution >= 0.6 is 0 Å². The molecule has 112 valence electrons. The highest BCUT2D eigenvalue weighted by molar-refractivity contribution is 5.92. The highest BCUT2D eigenvalue weighted by atomic mass is 16.5. The van der Waals surface area contributed by atoms with Crippen LogP contribution in [0.25, 0.3) is 6.08 Å². The van der Waals surface area contributed by atoms with Crippen molar-refractivity contribution in [2.24, 2.45) is 0 Å². The first-order valence-electron chi connectivity index (χ1n) is 6.97.